The molecule has 3 aromatic rings. The lowest BCUT2D eigenvalue weighted by Crippen LogP contribution is -2.44. The number of benzene rings is 2. The van der Waals surface area contributed by atoms with E-state index in [0.717, 1.165) is 24.0 Å². The summed E-state index contributed by atoms with van der Waals surface area (Å²) < 4.78 is 10.8. The maximum absolute atomic E-state index is 12.9. The third kappa shape index (κ3) is 4.86. The van der Waals surface area contributed by atoms with Crippen LogP contribution in [0.5, 0.6) is 0 Å². The Bertz CT molecular complexity index is 1100. The Morgan fingerprint density at radius 1 is 1.03 bits per heavy atom. The first-order valence-corrected chi connectivity index (χ1v) is 10.8. The van der Waals surface area contributed by atoms with Gasteiger partial charge in [-0.1, -0.05) is 56.3 Å². The topological polar surface area (TPSA) is 71.8 Å². The Morgan fingerprint density at radius 3 is 2.42 bits per heavy atom. The number of fused-ring (bicyclic) bond motifs is 1. The molecule has 0 spiro atoms. The molecule has 162 valence electrons. The molecule has 2 heterocycles. The van der Waals surface area contributed by atoms with E-state index in [-0.39, 0.29) is 11.6 Å². The second-order valence-corrected chi connectivity index (χ2v) is 8.18. The fourth-order valence-electron chi connectivity index (χ4n) is 3.95. The molecule has 6 heteroatoms. The van der Waals surface area contributed by atoms with Gasteiger partial charge in [-0.2, -0.15) is 0 Å². The van der Waals surface area contributed by atoms with Crippen LogP contribution in [0.4, 0.5) is 0 Å². The van der Waals surface area contributed by atoms with E-state index in [1.807, 2.05) is 12.1 Å². The van der Waals surface area contributed by atoms with Crippen molar-refractivity contribution in [3.63, 3.8) is 0 Å². The molecule has 4 rings (SSSR count). The van der Waals surface area contributed by atoms with Crippen molar-refractivity contribution in [1.29, 1.82) is 0 Å². The average Bonchev–Trinajstić information content (AvgIpc) is 2.79. The number of hydrogen-bond acceptors (Lipinski definition) is 5. The standard InChI is InChI=1S/C25H28N2O4/c1-17(2)18-7-9-19(10-8-18)22(27-11-13-30-14-12-27)16-26-24(28)21-15-20-5-3-4-6-23(20)31-25(21)29/h3-10,15,17,22H,11-14,16H2,1-2H3,(H,26,28). The van der Waals surface area contributed by atoms with E-state index in [4.69, 9.17) is 9.15 Å². The van der Waals surface area contributed by atoms with E-state index < -0.39 is 11.5 Å². The largest absolute Gasteiger partial charge is 0.422 e. The van der Waals surface area contributed by atoms with Crippen LogP contribution < -0.4 is 10.9 Å². The molecule has 6 nitrogen and oxygen atoms in total. The van der Waals surface area contributed by atoms with Gasteiger partial charge in [-0.05, 0) is 29.2 Å². The Kier molecular flexibility index (Phi) is 6.49. The highest BCUT2D eigenvalue weighted by atomic mass is 16.5. The summed E-state index contributed by atoms with van der Waals surface area (Å²) in [5.74, 6) is 0.0410. The van der Waals surface area contributed by atoms with Crippen LogP contribution in [0, 0.1) is 0 Å². The van der Waals surface area contributed by atoms with Gasteiger partial charge in [0.05, 0.1) is 19.3 Å². The summed E-state index contributed by atoms with van der Waals surface area (Å²) in [4.78, 5) is 27.5. The van der Waals surface area contributed by atoms with Gasteiger partial charge < -0.3 is 14.5 Å². The molecule has 2 aromatic carbocycles. The minimum atomic E-state index is -0.625. The zero-order valence-corrected chi connectivity index (χ0v) is 18.0. The molecule has 1 fully saturated rings. The summed E-state index contributed by atoms with van der Waals surface area (Å²) in [6.07, 6.45) is 0. The van der Waals surface area contributed by atoms with E-state index >= 15 is 0 Å². The predicted octanol–water partition coefficient (Wildman–Crippen LogP) is 3.72. The smallest absolute Gasteiger partial charge is 0.349 e. The normalized spacial score (nSPS) is 15.8. The van der Waals surface area contributed by atoms with Crippen molar-refractivity contribution in [2.24, 2.45) is 0 Å². The number of para-hydroxylation sites is 1. The van der Waals surface area contributed by atoms with Crippen molar-refractivity contribution in [2.75, 3.05) is 32.8 Å². The molecule has 1 amide bonds. The lowest BCUT2D eigenvalue weighted by molar-refractivity contribution is 0.0162. The number of nitrogens with one attached hydrogen (secondary N) is 1. The highest BCUT2D eigenvalue weighted by Crippen LogP contribution is 2.24. The molecule has 1 aromatic heterocycles. The van der Waals surface area contributed by atoms with E-state index in [2.05, 4.69) is 48.3 Å². The first-order valence-electron chi connectivity index (χ1n) is 10.8. The third-order valence-corrected chi connectivity index (χ3v) is 5.82. The van der Waals surface area contributed by atoms with Crippen molar-refractivity contribution < 1.29 is 13.9 Å². The summed E-state index contributed by atoms with van der Waals surface area (Å²) in [6.45, 7) is 7.67. The van der Waals surface area contributed by atoms with Gasteiger partial charge in [0.25, 0.3) is 5.91 Å². The van der Waals surface area contributed by atoms with Crippen molar-refractivity contribution in [1.82, 2.24) is 10.2 Å². The minimum Gasteiger partial charge on any atom is -0.422 e. The monoisotopic (exact) mass is 420 g/mol. The van der Waals surface area contributed by atoms with Gasteiger partial charge in [0.15, 0.2) is 0 Å². The van der Waals surface area contributed by atoms with Gasteiger partial charge >= 0.3 is 5.63 Å². The number of rotatable bonds is 6. The molecule has 0 bridgehead atoms. The second-order valence-electron chi connectivity index (χ2n) is 8.18. The quantitative estimate of drug-likeness (QED) is 0.616. The number of ether oxygens (including phenoxy) is 1. The Hall–Kier alpha value is -2.96. The fraction of sp³-hybridized carbons (Fsp3) is 0.360. The molecule has 0 radical (unpaired) electrons. The maximum atomic E-state index is 12.9. The third-order valence-electron chi connectivity index (χ3n) is 5.82. The number of morpholine rings is 1. The van der Waals surface area contributed by atoms with Gasteiger partial charge in [0.1, 0.15) is 11.1 Å². The maximum Gasteiger partial charge on any atom is 0.349 e. The van der Waals surface area contributed by atoms with Gasteiger partial charge in [0, 0.05) is 25.0 Å². The second kappa shape index (κ2) is 9.45. The number of hydrogen-bond donors (Lipinski definition) is 1. The molecule has 1 aliphatic heterocycles. The van der Waals surface area contributed by atoms with Crippen LogP contribution in [0.3, 0.4) is 0 Å². The summed E-state index contributed by atoms with van der Waals surface area (Å²) in [5, 5.41) is 3.68. The van der Waals surface area contributed by atoms with E-state index in [9.17, 15) is 9.59 Å². The SMILES string of the molecule is CC(C)c1ccc(C(CNC(=O)c2cc3ccccc3oc2=O)N2CCOCC2)cc1. The minimum absolute atomic E-state index is 0.00144. The zero-order valence-electron chi connectivity index (χ0n) is 18.0. The van der Waals surface area contributed by atoms with Gasteiger partial charge in [0.2, 0.25) is 0 Å². The van der Waals surface area contributed by atoms with Crippen molar-refractivity contribution >= 4 is 16.9 Å². The lowest BCUT2D eigenvalue weighted by atomic mass is 9.98. The number of nitrogens with zero attached hydrogens (tertiary/aromatic N) is 1. The molecule has 1 aliphatic rings. The first-order chi connectivity index (χ1) is 15.0. The average molecular weight is 421 g/mol. The van der Waals surface area contributed by atoms with Gasteiger partial charge in [-0.25, -0.2) is 4.79 Å². The van der Waals surface area contributed by atoms with Crippen LogP contribution in [0.2, 0.25) is 0 Å². The Balaban J connectivity index is 1.55. The van der Waals surface area contributed by atoms with Crippen molar-refractivity contribution in [2.45, 2.75) is 25.8 Å². The van der Waals surface area contributed by atoms with Crippen molar-refractivity contribution in [3.05, 3.63) is 81.7 Å². The highest BCUT2D eigenvalue weighted by molar-refractivity contribution is 5.96. The highest BCUT2D eigenvalue weighted by Gasteiger charge is 2.24. The summed E-state index contributed by atoms with van der Waals surface area (Å²) >= 11 is 0. The molecule has 1 unspecified atom stereocenters. The molecule has 0 aliphatic carbocycles. The Morgan fingerprint density at radius 2 is 1.71 bits per heavy atom. The van der Waals surface area contributed by atoms with Gasteiger partial charge in [-0.15, -0.1) is 0 Å². The van der Waals surface area contributed by atoms with Gasteiger partial charge in [-0.3, -0.25) is 9.69 Å². The van der Waals surface area contributed by atoms with Crippen LogP contribution >= 0.6 is 0 Å². The molecule has 0 saturated carbocycles. The molecular weight excluding hydrogens is 392 g/mol. The van der Waals surface area contributed by atoms with Crippen molar-refractivity contribution in [3.8, 4) is 0 Å². The zero-order chi connectivity index (χ0) is 21.8. The lowest BCUT2D eigenvalue weighted by Gasteiger charge is -2.35. The number of carbonyl (C=O) groups excluding carboxylic acids is 1. The molecule has 1 atom stereocenters. The molecule has 31 heavy (non-hydrogen) atoms. The first kappa shape index (κ1) is 21.3. The van der Waals surface area contributed by atoms with Crippen LogP contribution in [0.25, 0.3) is 11.0 Å². The molecule has 1 saturated heterocycles. The van der Waals surface area contributed by atoms with E-state index in [1.165, 1.54) is 5.56 Å². The Labute approximate surface area is 181 Å². The fourth-order valence-corrected chi connectivity index (χ4v) is 3.95. The molecular formula is C25H28N2O4. The summed E-state index contributed by atoms with van der Waals surface area (Å²) in [6, 6.07) is 17.3. The summed E-state index contributed by atoms with van der Waals surface area (Å²) in [7, 11) is 0. The van der Waals surface area contributed by atoms with Crippen LogP contribution in [0.15, 0.2) is 63.8 Å². The van der Waals surface area contributed by atoms with Crippen LogP contribution in [0.1, 0.15) is 47.3 Å². The van der Waals surface area contributed by atoms with E-state index in [1.54, 1.807) is 18.2 Å². The molecule has 1 N–H and O–H groups in total. The summed E-state index contributed by atoms with van der Waals surface area (Å²) in [5.41, 5.74) is 2.29. The van der Waals surface area contributed by atoms with Crippen LogP contribution in [-0.2, 0) is 4.74 Å². The van der Waals surface area contributed by atoms with E-state index in [0.29, 0.717) is 31.3 Å². The van der Waals surface area contributed by atoms with Crippen LogP contribution in [-0.4, -0.2) is 43.7 Å². The number of amides is 1. The number of carbonyl (C=O) groups is 1. The predicted molar refractivity (Wildman–Crippen MR) is 120 cm³/mol.